The molecule has 4 rings (SSSR count). The zero-order chi connectivity index (χ0) is 20.9. The minimum absolute atomic E-state index is 0. The van der Waals surface area contributed by atoms with Gasteiger partial charge in [0.15, 0.2) is 0 Å². The molecule has 0 heterocycles. The standard InChI is InChI=1S/C15H10F.C9H13.C2H6Si.2ClH.Zr/c16-13-8-6-12-7-9-14(15(12)10-13)11-4-2-1-3-5-11;1-6-5-7(2)9(4)8(6)3;1-3-2;;;/h1-10H;6H,1-4H3;1-2H3;2*1H;. The van der Waals surface area contributed by atoms with Gasteiger partial charge in [0.2, 0.25) is 0 Å². The summed E-state index contributed by atoms with van der Waals surface area (Å²) in [6, 6.07) is 16.0. The van der Waals surface area contributed by atoms with Gasteiger partial charge in [-0.3, -0.25) is 0 Å². The Morgan fingerprint density at radius 3 is 2.10 bits per heavy atom. The van der Waals surface area contributed by atoms with E-state index in [-0.39, 0.29) is 30.6 Å². The zero-order valence-electron chi connectivity index (χ0n) is 19.0. The largest absolute Gasteiger partial charge is 0.147 e. The number of hydrogen-bond acceptors (Lipinski definition) is 0. The van der Waals surface area contributed by atoms with Crippen molar-refractivity contribution in [2.45, 2.75) is 44.4 Å². The second-order valence-electron chi connectivity index (χ2n) is 8.64. The molecule has 2 atom stereocenters. The summed E-state index contributed by atoms with van der Waals surface area (Å²) in [7, 11) is 0. The van der Waals surface area contributed by atoms with E-state index >= 15 is 0 Å². The first-order chi connectivity index (χ1) is 13.8. The van der Waals surface area contributed by atoms with Gasteiger partial charge in [-0.2, -0.15) is 0 Å². The van der Waals surface area contributed by atoms with Crippen molar-refractivity contribution in [1.82, 2.24) is 0 Å². The molecule has 0 saturated carbocycles. The molecule has 0 radical (unpaired) electrons. The van der Waals surface area contributed by atoms with Crippen molar-refractivity contribution in [3.63, 3.8) is 0 Å². The van der Waals surface area contributed by atoms with E-state index in [0.717, 1.165) is 5.56 Å². The van der Waals surface area contributed by atoms with Crippen LogP contribution >= 0.6 is 24.8 Å². The third-order valence-electron chi connectivity index (χ3n) is 6.84. The summed E-state index contributed by atoms with van der Waals surface area (Å²) in [5, 5.41) is 0. The third kappa shape index (κ3) is 4.67. The fourth-order valence-electron chi connectivity index (χ4n) is 5.03. The van der Waals surface area contributed by atoms with Crippen molar-refractivity contribution in [3.8, 4) is 0 Å². The molecule has 0 aromatic heterocycles. The zero-order valence-corrected chi connectivity index (χ0v) is 24.1. The molecule has 2 aliphatic carbocycles. The first-order valence-corrected chi connectivity index (χ1v) is 19.3. The third-order valence-corrected chi connectivity index (χ3v) is 25.4. The average molecular weight is 553 g/mol. The molecule has 2 unspecified atom stereocenters. The normalized spacial score (nSPS) is 19.5. The molecular weight excluding hydrogens is 522 g/mol. The van der Waals surface area contributed by atoms with Gasteiger partial charge in [0.1, 0.15) is 0 Å². The Labute approximate surface area is 206 Å². The maximum absolute atomic E-state index is 14.2. The van der Waals surface area contributed by atoms with E-state index in [0.29, 0.717) is 9.54 Å². The summed E-state index contributed by atoms with van der Waals surface area (Å²) in [5.41, 5.74) is 9.15. The average Bonchev–Trinajstić information content (AvgIpc) is 3.15. The molecule has 2 aromatic rings. The van der Waals surface area contributed by atoms with E-state index in [1.807, 2.05) is 3.28 Å². The van der Waals surface area contributed by atoms with Crippen LogP contribution in [0.3, 0.4) is 0 Å². The molecule has 0 bridgehead atoms. The van der Waals surface area contributed by atoms with Crippen LogP contribution in [0.15, 0.2) is 74.6 Å². The molecule has 0 spiro atoms. The topological polar surface area (TPSA) is 0 Å². The predicted molar refractivity (Wildman–Crippen MR) is 135 cm³/mol. The maximum atomic E-state index is 14.2. The van der Waals surface area contributed by atoms with Gasteiger partial charge in [-0.05, 0) is 0 Å². The van der Waals surface area contributed by atoms with Crippen molar-refractivity contribution in [2.75, 3.05) is 0 Å². The number of halogens is 3. The monoisotopic (exact) mass is 550 g/mol. The minimum Gasteiger partial charge on any atom is -0.147 e. The number of hydrogen-bond donors (Lipinski definition) is 0. The molecule has 0 fully saturated rings. The van der Waals surface area contributed by atoms with E-state index in [1.54, 1.807) is 23.3 Å². The molecule has 0 N–H and O–H groups in total. The summed E-state index contributed by atoms with van der Waals surface area (Å²) >= 11 is -2.02. The quantitative estimate of drug-likeness (QED) is 0.336. The number of rotatable bonds is 3. The summed E-state index contributed by atoms with van der Waals surface area (Å²) in [6.45, 7) is 14.4. The van der Waals surface area contributed by atoms with Crippen LogP contribution in [0.1, 0.15) is 48.0 Å². The van der Waals surface area contributed by atoms with Crippen molar-refractivity contribution in [2.24, 2.45) is 5.92 Å². The molecule has 2 aromatic carbocycles. The van der Waals surface area contributed by atoms with Crippen LogP contribution in [-0.4, -0.2) is 5.43 Å². The van der Waals surface area contributed by atoms with E-state index < -0.39 is 25.8 Å². The van der Waals surface area contributed by atoms with Crippen LogP contribution in [0.2, 0.25) is 13.1 Å². The van der Waals surface area contributed by atoms with Gasteiger partial charge in [0, 0.05) is 0 Å². The van der Waals surface area contributed by atoms with Gasteiger partial charge >= 0.3 is 183 Å². The Morgan fingerprint density at radius 1 is 0.903 bits per heavy atom. The Bertz CT molecular complexity index is 1130. The van der Waals surface area contributed by atoms with Gasteiger partial charge in [-0.15, -0.1) is 24.8 Å². The number of benzene rings is 2. The Hall–Kier alpha value is -0.730. The van der Waals surface area contributed by atoms with Crippen molar-refractivity contribution >= 4 is 35.8 Å². The summed E-state index contributed by atoms with van der Waals surface area (Å²) < 4.78 is 16.6. The molecule has 0 saturated heterocycles. The van der Waals surface area contributed by atoms with E-state index in [9.17, 15) is 4.39 Å². The van der Waals surface area contributed by atoms with Crippen LogP contribution in [0.5, 0.6) is 0 Å². The molecule has 2 aliphatic rings. The van der Waals surface area contributed by atoms with E-state index in [4.69, 9.17) is 0 Å². The Balaban J connectivity index is 0.00000171. The van der Waals surface area contributed by atoms with Gasteiger partial charge in [-0.25, -0.2) is 0 Å². The van der Waals surface area contributed by atoms with Gasteiger partial charge < -0.3 is 0 Å². The molecular formula is C26H31Cl2FSiZr. The second kappa shape index (κ2) is 10.5. The fourth-order valence-corrected chi connectivity index (χ4v) is 24.7. The van der Waals surface area contributed by atoms with Crippen molar-refractivity contribution < 1.29 is 24.8 Å². The van der Waals surface area contributed by atoms with E-state index in [1.165, 1.54) is 22.3 Å². The molecule has 31 heavy (non-hydrogen) atoms. The molecule has 0 amide bonds. The minimum atomic E-state index is -2.02. The smallest absolute Gasteiger partial charge is 0.147 e. The Morgan fingerprint density at radius 2 is 1.55 bits per heavy atom. The van der Waals surface area contributed by atoms with E-state index in [2.05, 4.69) is 83.3 Å². The first kappa shape index (κ1) is 26.5. The van der Waals surface area contributed by atoms with Crippen molar-refractivity contribution in [1.29, 1.82) is 0 Å². The first-order valence-electron chi connectivity index (χ1n) is 10.4. The van der Waals surface area contributed by atoms with Crippen LogP contribution in [0, 0.1) is 11.7 Å². The van der Waals surface area contributed by atoms with Gasteiger partial charge in [-0.1, -0.05) is 0 Å². The predicted octanol–water partition coefficient (Wildman–Crippen LogP) is 8.29. The fraction of sp³-hybridized carbons (Fsp3) is 0.308. The summed E-state index contributed by atoms with van der Waals surface area (Å²) in [4.78, 5) is 0. The SMILES string of the molecule is CC1=C(C)C(C)[C]([Zr]([CH]2C=C(c3ccccc3)c3cc(F)ccc32)=[Si](C)C)=C1C.Cl.Cl. The van der Waals surface area contributed by atoms with Gasteiger partial charge in [0.25, 0.3) is 0 Å². The number of allylic oxidation sites excluding steroid dienone is 5. The summed E-state index contributed by atoms with van der Waals surface area (Å²) in [5.74, 6) is 0.454. The van der Waals surface area contributed by atoms with Crippen LogP contribution in [0.25, 0.3) is 5.57 Å². The summed E-state index contributed by atoms with van der Waals surface area (Å²) in [6.07, 6.45) is 2.52. The maximum Gasteiger partial charge on any atom is -0.147 e. The number of fused-ring (bicyclic) bond motifs is 1. The Kier molecular flexibility index (Phi) is 8.96. The second-order valence-corrected chi connectivity index (χ2v) is 26.1. The van der Waals surface area contributed by atoms with Gasteiger partial charge in [0.05, 0.1) is 0 Å². The van der Waals surface area contributed by atoms with Crippen LogP contribution in [-0.2, 0) is 20.4 Å². The van der Waals surface area contributed by atoms with Crippen LogP contribution < -0.4 is 0 Å². The molecule has 0 aliphatic heterocycles. The molecule has 5 heteroatoms. The molecule has 0 nitrogen and oxygen atoms in total. The van der Waals surface area contributed by atoms with Crippen molar-refractivity contribution in [3.05, 3.63) is 97.1 Å². The van der Waals surface area contributed by atoms with Crippen LogP contribution in [0.4, 0.5) is 4.39 Å². The molecule has 164 valence electrons.